The molecule has 4 aliphatic heterocycles. The minimum Gasteiger partial charge on any atom is -0.456 e. The minimum absolute atomic E-state index is 0.587. The van der Waals surface area contributed by atoms with Crippen LogP contribution in [0.3, 0.4) is 0 Å². The molecule has 6 fully saturated rings. The first-order valence-corrected chi connectivity index (χ1v) is 10.7. The lowest BCUT2D eigenvalue weighted by Crippen LogP contribution is -2.66. The molecule has 0 radical (unpaired) electrons. The SMILES string of the molecule is C[C@@H]1C(=O)O[C@H]2[C@H](O)C34C5OC(=O)[C@@]3(OC3OC(=O)[C@H](C)C34[C@H](C(C)(C)C)[C@H]5O)[C@@]12O. The first-order valence-electron chi connectivity index (χ1n) is 10.7. The zero-order chi connectivity index (χ0) is 22.7. The van der Waals surface area contributed by atoms with Crippen LogP contribution in [-0.4, -0.2) is 75.1 Å². The molecule has 12 atom stereocenters. The molecule has 170 valence electrons. The van der Waals surface area contributed by atoms with Crippen LogP contribution in [0.2, 0.25) is 0 Å². The van der Waals surface area contributed by atoms with Gasteiger partial charge >= 0.3 is 17.9 Å². The highest BCUT2D eigenvalue weighted by molar-refractivity contribution is 5.94. The lowest BCUT2D eigenvalue weighted by molar-refractivity contribution is -0.240. The Morgan fingerprint density at radius 3 is 2.13 bits per heavy atom. The summed E-state index contributed by atoms with van der Waals surface area (Å²) in [6, 6.07) is 0. The van der Waals surface area contributed by atoms with Gasteiger partial charge in [-0.25, -0.2) is 4.79 Å². The number of hydrogen-bond donors (Lipinski definition) is 3. The molecule has 4 heterocycles. The number of carbonyl (C=O) groups is 3. The highest BCUT2D eigenvalue weighted by Gasteiger charge is 3.04. The molecular weight excluding hydrogens is 412 g/mol. The number of aliphatic hydroxyl groups is 3. The summed E-state index contributed by atoms with van der Waals surface area (Å²) in [5, 5.41) is 35.2. The van der Waals surface area contributed by atoms with Crippen molar-refractivity contribution in [2.24, 2.45) is 34.0 Å². The highest BCUT2D eigenvalue weighted by Crippen LogP contribution is 2.85. The molecule has 3 N–H and O–H groups in total. The predicted molar refractivity (Wildman–Crippen MR) is 96.6 cm³/mol. The molecular formula is C21H26O10. The molecule has 0 aromatic rings. The first kappa shape index (κ1) is 19.9. The number of esters is 3. The Morgan fingerprint density at radius 1 is 0.903 bits per heavy atom. The molecule has 2 spiro atoms. The Balaban J connectivity index is 1.75. The zero-order valence-corrected chi connectivity index (χ0v) is 17.8. The molecule has 4 saturated heterocycles. The summed E-state index contributed by atoms with van der Waals surface area (Å²) in [6.07, 6.45) is -6.96. The van der Waals surface area contributed by atoms with Crippen LogP contribution in [0.4, 0.5) is 0 Å². The van der Waals surface area contributed by atoms with Crippen molar-refractivity contribution in [3.63, 3.8) is 0 Å². The average Bonchev–Trinajstić information content (AvgIpc) is 3.35. The van der Waals surface area contributed by atoms with Crippen LogP contribution in [0, 0.1) is 34.0 Å². The van der Waals surface area contributed by atoms with Gasteiger partial charge in [0.05, 0.1) is 28.8 Å². The van der Waals surface area contributed by atoms with E-state index in [1.54, 1.807) is 6.92 Å². The van der Waals surface area contributed by atoms with E-state index in [4.69, 9.17) is 18.9 Å². The van der Waals surface area contributed by atoms with Gasteiger partial charge in [-0.2, -0.15) is 0 Å². The van der Waals surface area contributed by atoms with E-state index in [1.165, 1.54) is 6.92 Å². The molecule has 0 amide bonds. The van der Waals surface area contributed by atoms with Gasteiger partial charge in [0.15, 0.2) is 11.7 Å². The quantitative estimate of drug-likeness (QED) is 0.313. The van der Waals surface area contributed by atoms with Crippen molar-refractivity contribution in [3.8, 4) is 0 Å². The predicted octanol–water partition coefficient (Wildman–Crippen LogP) is -1.12. The molecule has 2 saturated carbocycles. The fourth-order valence-electron chi connectivity index (χ4n) is 8.61. The normalized spacial score (nSPS) is 61.0. The average molecular weight is 438 g/mol. The number of ether oxygens (including phenoxy) is 4. The third kappa shape index (κ3) is 1.44. The monoisotopic (exact) mass is 438 g/mol. The van der Waals surface area contributed by atoms with Crippen molar-refractivity contribution >= 4 is 17.9 Å². The van der Waals surface area contributed by atoms with Crippen molar-refractivity contribution < 1.29 is 48.7 Å². The molecule has 10 nitrogen and oxygen atoms in total. The van der Waals surface area contributed by atoms with Crippen LogP contribution >= 0.6 is 0 Å². The van der Waals surface area contributed by atoms with Crippen molar-refractivity contribution in [2.75, 3.05) is 0 Å². The number of fused-ring (bicyclic) bond motifs is 1. The Labute approximate surface area is 177 Å². The zero-order valence-electron chi connectivity index (χ0n) is 17.8. The molecule has 0 aromatic carbocycles. The van der Waals surface area contributed by atoms with Crippen molar-refractivity contribution in [3.05, 3.63) is 0 Å². The molecule has 0 aromatic heterocycles. The molecule has 2 aliphatic carbocycles. The number of rotatable bonds is 0. The third-order valence-electron chi connectivity index (χ3n) is 9.34. The summed E-state index contributed by atoms with van der Waals surface area (Å²) < 4.78 is 22.8. The summed E-state index contributed by atoms with van der Waals surface area (Å²) >= 11 is 0. The van der Waals surface area contributed by atoms with Crippen LogP contribution in [0.1, 0.15) is 34.6 Å². The maximum atomic E-state index is 13.5. The van der Waals surface area contributed by atoms with Crippen molar-refractivity contribution in [1.29, 1.82) is 0 Å². The van der Waals surface area contributed by atoms with E-state index in [0.717, 1.165) is 0 Å². The van der Waals surface area contributed by atoms with Gasteiger partial charge in [0.2, 0.25) is 11.9 Å². The van der Waals surface area contributed by atoms with E-state index < -0.39 is 93.8 Å². The maximum absolute atomic E-state index is 13.5. The largest absolute Gasteiger partial charge is 0.456 e. The van der Waals surface area contributed by atoms with E-state index in [2.05, 4.69) is 0 Å². The van der Waals surface area contributed by atoms with Gasteiger partial charge in [-0.1, -0.05) is 27.7 Å². The van der Waals surface area contributed by atoms with Gasteiger partial charge in [0.1, 0.15) is 12.2 Å². The Kier molecular flexibility index (Phi) is 3.16. The van der Waals surface area contributed by atoms with Gasteiger partial charge in [0, 0.05) is 5.92 Å². The van der Waals surface area contributed by atoms with Gasteiger partial charge in [-0.3, -0.25) is 9.59 Å². The standard InChI is InChI=1S/C21H26O10/c1-6-13(24)30-16-18(6)9(17(3,4)5)8(22)11-19(18)10(23)12-20(27,7(2)14(25)28-12)21(19,31-16)15(26)29-11/h6-12,16,22-23,27H,1-5H3/t6-,7+,8+,9-,10-,11?,12-,16?,18?,19?,20+,21-/m0/s1. The molecule has 10 heteroatoms. The van der Waals surface area contributed by atoms with Crippen LogP contribution in [0.5, 0.6) is 0 Å². The summed E-state index contributed by atoms with van der Waals surface area (Å²) in [7, 11) is 0. The van der Waals surface area contributed by atoms with Gasteiger partial charge < -0.3 is 34.3 Å². The third-order valence-corrected chi connectivity index (χ3v) is 9.34. The summed E-state index contributed by atoms with van der Waals surface area (Å²) in [4.78, 5) is 38.7. The summed E-state index contributed by atoms with van der Waals surface area (Å²) in [5.41, 5.74) is -8.28. The first-order chi connectivity index (χ1) is 14.3. The van der Waals surface area contributed by atoms with Crippen LogP contribution in [0.25, 0.3) is 0 Å². The van der Waals surface area contributed by atoms with Gasteiger partial charge in [0.25, 0.3) is 0 Å². The minimum atomic E-state index is -2.26. The Bertz CT molecular complexity index is 956. The van der Waals surface area contributed by atoms with E-state index in [9.17, 15) is 29.7 Å². The topological polar surface area (TPSA) is 149 Å². The van der Waals surface area contributed by atoms with Crippen LogP contribution in [0.15, 0.2) is 0 Å². The van der Waals surface area contributed by atoms with E-state index in [1.807, 2.05) is 20.8 Å². The Hall–Kier alpha value is -1.75. The van der Waals surface area contributed by atoms with Gasteiger partial charge in [-0.15, -0.1) is 0 Å². The molecule has 31 heavy (non-hydrogen) atoms. The van der Waals surface area contributed by atoms with Crippen molar-refractivity contribution in [1.82, 2.24) is 0 Å². The van der Waals surface area contributed by atoms with Crippen LogP contribution < -0.4 is 0 Å². The van der Waals surface area contributed by atoms with Gasteiger partial charge in [-0.05, 0) is 12.3 Å². The smallest absolute Gasteiger partial charge is 0.343 e. The second-order valence-electron chi connectivity index (χ2n) is 11.1. The second-order valence-corrected chi connectivity index (χ2v) is 11.1. The molecule has 6 rings (SSSR count). The fourth-order valence-corrected chi connectivity index (χ4v) is 8.61. The molecule has 6 aliphatic rings. The lowest BCUT2D eigenvalue weighted by atomic mass is 9.49. The summed E-state index contributed by atoms with van der Waals surface area (Å²) in [6.45, 7) is 8.65. The Morgan fingerprint density at radius 2 is 1.52 bits per heavy atom. The number of carbonyl (C=O) groups excluding carboxylic acids is 3. The molecule has 0 bridgehead atoms. The highest BCUT2D eigenvalue weighted by atomic mass is 16.8. The van der Waals surface area contributed by atoms with E-state index in [0.29, 0.717) is 0 Å². The van der Waals surface area contributed by atoms with E-state index in [-0.39, 0.29) is 0 Å². The van der Waals surface area contributed by atoms with Crippen molar-refractivity contribution in [2.45, 2.75) is 76.5 Å². The molecule has 4 unspecified atom stereocenters. The maximum Gasteiger partial charge on any atom is 0.343 e. The van der Waals surface area contributed by atoms with Crippen LogP contribution in [-0.2, 0) is 33.3 Å². The summed E-state index contributed by atoms with van der Waals surface area (Å²) in [5.74, 6) is -5.16. The number of aliphatic hydroxyl groups excluding tert-OH is 2. The lowest BCUT2D eigenvalue weighted by Gasteiger charge is -2.48. The fraction of sp³-hybridized carbons (Fsp3) is 0.857. The van der Waals surface area contributed by atoms with E-state index >= 15 is 0 Å². The number of hydrogen-bond acceptors (Lipinski definition) is 10. The second kappa shape index (κ2) is 4.93.